The summed E-state index contributed by atoms with van der Waals surface area (Å²) in [4.78, 5) is 20.6. The molecule has 6 nitrogen and oxygen atoms in total. The van der Waals surface area contributed by atoms with Crippen molar-refractivity contribution in [1.82, 2.24) is 15.5 Å². The number of amides is 1. The van der Waals surface area contributed by atoms with Crippen LogP contribution in [0.2, 0.25) is 5.02 Å². The highest BCUT2D eigenvalue weighted by Gasteiger charge is 2.27. The third kappa shape index (κ3) is 6.38. The van der Waals surface area contributed by atoms with Crippen molar-refractivity contribution < 1.29 is 4.79 Å². The first-order valence-corrected chi connectivity index (χ1v) is 10.6. The summed E-state index contributed by atoms with van der Waals surface area (Å²) in [5.41, 5.74) is 2.51. The number of carbonyl (C=O) groups is 1. The second-order valence-electron chi connectivity index (χ2n) is 7.81. The normalized spacial score (nSPS) is 21.9. The maximum atomic E-state index is 11.8. The first-order valence-electron chi connectivity index (χ1n) is 10.3. The Bertz CT molecular complexity index is 729. The lowest BCUT2D eigenvalue weighted by Gasteiger charge is -2.22. The zero-order chi connectivity index (χ0) is 20.1. The van der Waals surface area contributed by atoms with Gasteiger partial charge in [-0.15, -0.1) is 24.0 Å². The molecule has 1 aromatic rings. The van der Waals surface area contributed by atoms with E-state index in [1.165, 1.54) is 11.3 Å². The van der Waals surface area contributed by atoms with Gasteiger partial charge >= 0.3 is 0 Å². The van der Waals surface area contributed by atoms with E-state index in [1.807, 2.05) is 17.9 Å². The average Bonchev–Trinajstić information content (AvgIpc) is 3.36. The molecule has 2 aliphatic rings. The largest absolute Gasteiger partial charge is 0.371 e. The molecule has 1 aromatic carbocycles. The number of hydrogen-bond acceptors (Lipinski definition) is 3. The number of hydrogen-bond donors (Lipinski definition) is 2. The van der Waals surface area contributed by atoms with Gasteiger partial charge < -0.3 is 20.4 Å². The van der Waals surface area contributed by atoms with Crippen LogP contribution in [-0.4, -0.2) is 62.6 Å². The van der Waals surface area contributed by atoms with E-state index in [-0.39, 0.29) is 35.9 Å². The molecule has 0 bridgehead atoms. The Morgan fingerprint density at radius 3 is 2.79 bits per heavy atom. The highest BCUT2D eigenvalue weighted by Crippen LogP contribution is 2.29. The van der Waals surface area contributed by atoms with Gasteiger partial charge in [0.1, 0.15) is 0 Å². The zero-order valence-electron chi connectivity index (χ0n) is 17.6. The molecule has 2 saturated heterocycles. The number of nitrogens with zero attached hydrogens (tertiary/aromatic N) is 3. The number of benzene rings is 1. The number of anilines is 1. The van der Waals surface area contributed by atoms with Crippen LogP contribution >= 0.6 is 35.6 Å². The molecule has 0 saturated carbocycles. The molecule has 0 radical (unpaired) electrons. The minimum absolute atomic E-state index is 0. The fourth-order valence-corrected chi connectivity index (χ4v) is 4.26. The Morgan fingerprint density at radius 2 is 2.07 bits per heavy atom. The van der Waals surface area contributed by atoms with E-state index in [4.69, 9.17) is 11.6 Å². The summed E-state index contributed by atoms with van der Waals surface area (Å²) in [6, 6.07) is 6.37. The van der Waals surface area contributed by atoms with Crippen LogP contribution in [-0.2, 0) is 4.79 Å². The van der Waals surface area contributed by atoms with E-state index in [2.05, 4.69) is 39.6 Å². The van der Waals surface area contributed by atoms with Crippen LogP contribution in [0.15, 0.2) is 23.2 Å². The SMILES string of the molecule is CCC(=O)N1CCC(NC(=NC)NCC2CCN(c3cc(Cl)ccc3C)C2)C1.I. The average molecular weight is 534 g/mol. The Hall–Kier alpha value is -1.22. The van der Waals surface area contributed by atoms with Crippen molar-refractivity contribution in [3.8, 4) is 0 Å². The van der Waals surface area contributed by atoms with Crippen molar-refractivity contribution in [2.45, 2.75) is 39.2 Å². The quantitative estimate of drug-likeness (QED) is 0.347. The van der Waals surface area contributed by atoms with Crippen LogP contribution in [0.3, 0.4) is 0 Å². The van der Waals surface area contributed by atoms with Gasteiger partial charge in [-0.3, -0.25) is 9.79 Å². The number of guanidine groups is 1. The second kappa shape index (κ2) is 11.2. The van der Waals surface area contributed by atoms with Crippen molar-refractivity contribution in [2.75, 3.05) is 44.7 Å². The van der Waals surface area contributed by atoms with E-state index < -0.39 is 0 Å². The highest BCUT2D eigenvalue weighted by atomic mass is 127. The smallest absolute Gasteiger partial charge is 0.222 e. The van der Waals surface area contributed by atoms with Gasteiger partial charge in [0.25, 0.3) is 0 Å². The molecular weight excluding hydrogens is 501 g/mol. The van der Waals surface area contributed by atoms with Crippen LogP contribution in [0, 0.1) is 12.8 Å². The van der Waals surface area contributed by atoms with Gasteiger partial charge in [-0.1, -0.05) is 24.6 Å². The predicted octanol–water partition coefficient (Wildman–Crippen LogP) is 3.27. The number of nitrogens with one attached hydrogen (secondary N) is 2. The Kier molecular flexibility index (Phi) is 9.33. The molecule has 0 aromatic heterocycles. The van der Waals surface area contributed by atoms with E-state index in [9.17, 15) is 4.79 Å². The molecule has 2 heterocycles. The van der Waals surface area contributed by atoms with Crippen LogP contribution in [0.1, 0.15) is 31.7 Å². The monoisotopic (exact) mass is 533 g/mol. The molecule has 2 unspecified atom stereocenters. The molecule has 1 amide bonds. The summed E-state index contributed by atoms with van der Waals surface area (Å²) >= 11 is 6.19. The predicted molar refractivity (Wildman–Crippen MR) is 132 cm³/mol. The minimum Gasteiger partial charge on any atom is -0.371 e. The number of halogens is 2. The fraction of sp³-hybridized carbons (Fsp3) is 0.619. The third-order valence-electron chi connectivity index (χ3n) is 5.76. The summed E-state index contributed by atoms with van der Waals surface area (Å²) in [5.74, 6) is 1.63. The Labute approximate surface area is 196 Å². The number of likely N-dealkylation sites (tertiary alicyclic amines) is 1. The van der Waals surface area contributed by atoms with E-state index >= 15 is 0 Å². The van der Waals surface area contributed by atoms with Gasteiger partial charge in [0.2, 0.25) is 5.91 Å². The van der Waals surface area contributed by atoms with Gasteiger partial charge in [-0.2, -0.15) is 0 Å². The first-order chi connectivity index (χ1) is 13.5. The molecule has 2 fully saturated rings. The molecule has 8 heteroatoms. The van der Waals surface area contributed by atoms with Crippen molar-refractivity contribution in [1.29, 1.82) is 0 Å². The van der Waals surface area contributed by atoms with Crippen LogP contribution in [0.25, 0.3) is 0 Å². The lowest BCUT2D eigenvalue weighted by Crippen LogP contribution is -2.46. The summed E-state index contributed by atoms with van der Waals surface area (Å²) < 4.78 is 0. The molecule has 0 spiro atoms. The van der Waals surface area contributed by atoms with Gasteiger partial charge in [-0.05, 0) is 43.4 Å². The van der Waals surface area contributed by atoms with E-state index in [0.29, 0.717) is 12.3 Å². The number of aryl methyl sites for hydroxylation is 1. The van der Waals surface area contributed by atoms with E-state index in [0.717, 1.165) is 56.5 Å². The van der Waals surface area contributed by atoms with Crippen LogP contribution in [0.5, 0.6) is 0 Å². The van der Waals surface area contributed by atoms with Crippen molar-refractivity contribution >= 4 is 53.1 Å². The molecular formula is C21H33ClIN5O. The van der Waals surface area contributed by atoms with Gasteiger partial charge in [0.15, 0.2) is 5.96 Å². The van der Waals surface area contributed by atoms with Gasteiger partial charge in [-0.25, -0.2) is 0 Å². The summed E-state index contributed by atoms with van der Waals surface area (Å²) in [6.07, 6.45) is 2.69. The zero-order valence-corrected chi connectivity index (χ0v) is 20.7. The number of carbonyl (C=O) groups excluding carboxylic acids is 1. The topological polar surface area (TPSA) is 60.0 Å². The second-order valence-corrected chi connectivity index (χ2v) is 8.24. The molecule has 29 heavy (non-hydrogen) atoms. The molecule has 2 atom stereocenters. The van der Waals surface area contributed by atoms with Gasteiger partial charge in [0.05, 0.1) is 0 Å². The molecule has 2 N–H and O–H groups in total. The van der Waals surface area contributed by atoms with E-state index in [1.54, 1.807) is 7.05 Å². The van der Waals surface area contributed by atoms with Crippen molar-refractivity contribution in [3.05, 3.63) is 28.8 Å². The van der Waals surface area contributed by atoms with Crippen LogP contribution in [0.4, 0.5) is 5.69 Å². The Balaban J connectivity index is 0.00000300. The standard InChI is InChI=1S/C21H32ClN5O.HI/c1-4-20(28)27-10-8-18(14-27)25-21(23-3)24-12-16-7-9-26(13-16)19-11-17(22)6-5-15(19)2;/h5-6,11,16,18H,4,7-10,12-14H2,1-3H3,(H2,23,24,25);1H. The first kappa shape index (κ1) is 24.1. The number of aliphatic imine (C=N–C) groups is 1. The third-order valence-corrected chi connectivity index (χ3v) is 6.00. The van der Waals surface area contributed by atoms with Crippen molar-refractivity contribution in [3.63, 3.8) is 0 Å². The fourth-order valence-electron chi connectivity index (χ4n) is 4.10. The summed E-state index contributed by atoms with van der Waals surface area (Å²) in [6.45, 7) is 8.61. The molecule has 162 valence electrons. The highest BCUT2D eigenvalue weighted by molar-refractivity contribution is 14.0. The summed E-state index contributed by atoms with van der Waals surface area (Å²) in [7, 11) is 1.80. The summed E-state index contributed by atoms with van der Waals surface area (Å²) in [5, 5.41) is 7.74. The lowest BCUT2D eigenvalue weighted by atomic mass is 10.1. The minimum atomic E-state index is 0. The maximum Gasteiger partial charge on any atom is 0.222 e. The number of rotatable bonds is 5. The Morgan fingerprint density at radius 1 is 1.28 bits per heavy atom. The molecule has 0 aliphatic carbocycles. The maximum absolute atomic E-state index is 11.8. The lowest BCUT2D eigenvalue weighted by molar-refractivity contribution is -0.129. The molecule has 3 rings (SSSR count). The van der Waals surface area contributed by atoms with Gasteiger partial charge in [0, 0.05) is 62.9 Å². The van der Waals surface area contributed by atoms with Crippen LogP contribution < -0.4 is 15.5 Å². The van der Waals surface area contributed by atoms with Crippen molar-refractivity contribution in [2.24, 2.45) is 10.9 Å². The molecule has 2 aliphatic heterocycles.